The number of benzene rings is 1. The highest BCUT2D eigenvalue weighted by Crippen LogP contribution is 2.28. The van der Waals surface area contributed by atoms with E-state index >= 15 is 0 Å². The van der Waals surface area contributed by atoms with Crippen molar-refractivity contribution in [3.05, 3.63) is 62.6 Å². The van der Waals surface area contributed by atoms with E-state index in [1.165, 1.54) is 16.2 Å². The summed E-state index contributed by atoms with van der Waals surface area (Å²) in [5, 5.41) is 1.11. The Morgan fingerprint density at radius 3 is 2.71 bits per heavy atom. The lowest BCUT2D eigenvalue weighted by Crippen LogP contribution is -2.55. The van der Waals surface area contributed by atoms with Crippen molar-refractivity contribution in [3.8, 4) is 0 Å². The number of sulfonamides is 1. The molecule has 1 amide bonds. The van der Waals surface area contributed by atoms with Gasteiger partial charge in [0.15, 0.2) is 0 Å². The third kappa shape index (κ3) is 6.58. The van der Waals surface area contributed by atoms with Crippen LogP contribution in [0.5, 0.6) is 0 Å². The SMILES string of the molecule is C/C(=C\S(=O)(=O)N[C@H]1CCN([C@H](C=O)C2CN(Cc3ccccc3)CCO2)C1=O)c1ccc(Cl)s1. The molecule has 0 aliphatic carbocycles. The zero-order valence-corrected chi connectivity index (χ0v) is 21.7. The Morgan fingerprint density at radius 1 is 1.26 bits per heavy atom. The van der Waals surface area contributed by atoms with E-state index < -0.39 is 34.1 Å². The number of amides is 1. The van der Waals surface area contributed by atoms with Crippen LogP contribution in [0.2, 0.25) is 4.34 Å². The Morgan fingerprint density at radius 2 is 2.03 bits per heavy atom. The van der Waals surface area contributed by atoms with Crippen molar-refractivity contribution in [3.63, 3.8) is 0 Å². The number of nitrogens with one attached hydrogen (secondary N) is 1. The number of carbonyl (C=O) groups is 2. The summed E-state index contributed by atoms with van der Waals surface area (Å²) >= 11 is 7.22. The molecule has 11 heteroatoms. The van der Waals surface area contributed by atoms with E-state index in [9.17, 15) is 18.0 Å². The normalized spacial score (nSPS) is 23.0. The van der Waals surface area contributed by atoms with Gasteiger partial charge < -0.3 is 14.4 Å². The van der Waals surface area contributed by atoms with E-state index in [1.807, 2.05) is 30.3 Å². The predicted octanol–water partition coefficient (Wildman–Crippen LogP) is 2.75. The van der Waals surface area contributed by atoms with E-state index in [-0.39, 0.29) is 13.0 Å². The van der Waals surface area contributed by atoms with E-state index in [0.717, 1.165) is 35.2 Å². The molecular formula is C24H28ClN3O5S2. The van der Waals surface area contributed by atoms with Crippen molar-refractivity contribution in [2.75, 3.05) is 26.2 Å². The fourth-order valence-corrected chi connectivity index (χ4v) is 6.81. The first-order valence-corrected chi connectivity index (χ1v) is 14.1. The number of ether oxygens (including phenoxy) is 1. The molecule has 1 N–H and O–H groups in total. The van der Waals surface area contributed by atoms with Crippen LogP contribution in [0.3, 0.4) is 0 Å². The molecule has 0 bridgehead atoms. The Bertz CT molecular complexity index is 1180. The van der Waals surface area contributed by atoms with Crippen LogP contribution in [0.4, 0.5) is 0 Å². The van der Waals surface area contributed by atoms with Crippen molar-refractivity contribution in [2.45, 2.75) is 38.1 Å². The number of carbonyl (C=O) groups excluding carboxylic acids is 2. The average molecular weight is 538 g/mol. The molecular weight excluding hydrogens is 510 g/mol. The van der Waals surface area contributed by atoms with Crippen LogP contribution in [0, 0.1) is 0 Å². The van der Waals surface area contributed by atoms with Gasteiger partial charge in [0, 0.05) is 31.1 Å². The number of rotatable bonds is 9. The van der Waals surface area contributed by atoms with Gasteiger partial charge in [-0.05, 0) is 36.6 Å². The summed E-state index contributed by atoms with van der Waals surface area (Å²) in [6.45, 7) is 4.37. The highest BCUT2D eigenvalue weighted by Gasteiger charge is 2.42. The number of halogens is 1. The first-order valence-electron chi connectivity index (χ1n) is 11.4. The lowest BCUT2D eigenvalue weighted by Gasteiger charge is -2.38. The smallest absolute Gasteiger partial charge is 0.241 e. The molecule has 2 fully saturated rings. The van der Waals surface area contributed by atoms with E-state index in [1.54, 1.807) is 19.1 Å². The average Bonchev–Trinajstić information content (AvgIpc) is 3.41. The monoisotopic (exact) mass is 537 g/mol. The molecule has 2 aromatic rings. The Hall–Kier alpha value is -2.08. The van der Waals surface area contributed by atoms with E-state index in [4.69, 9.17) is 16.3 Å². The summed E-state index contributed by atoms with van der Waals surface area (Å²) in [5.74, 6) is -0.417. The second-order valence-electron chi connectivity index (χ2n) is 8.70. The third-order valence-electron chi connectivity index (χ3n) is 6.15. The maximum Gasteiger partial charge on any atom is 0.241 e. The lowest BCUT2D eigenvalue weighted by atomic mass is 10.1. The molecule has 0 spiro atoms. The molecule has 8 nitrogen and oxygen atoms in total. The van der Waals surface area contributed by atoms with Crippen molar-refractivity contribution in [2.24, 2.45) is 0 Å². The second kappa shape index (κ2) is 11.3. The first-order chi connectivity index (χ1) is 16.8. The number of hydrogen-bond acceptors (Lipinski definition) is 7. The molecule has 2 aliphatic heterocycles. The van der Waals surface area contributed by atoms with Crippen LogP contribution < -0.4 is 4.72 Å². The van der Waals surface area contributed by atoms with Gasteiger partial charge in [0.2, 0.25) is 15.9 Å². The molecule has 1 unspecified atom stereocenters. The quantitative estimate of drug-likeness (QED) is 0.494. The maximum atomic E-state index is 13.1. The van der Waals surface area contributed by atoms with Gasteiger partial charge in [-0.2, -0.15) is 4.72 Å². The van der Waals surface area contributed by atoms with Crippen LogP contribution in [-0.2, 0) is 30.9 Å². The number of likely N-dealkylation sites (tertiary alicyclic amines) is 1. The zero-order chi connectivity index (χ0) is 25.0. The Labute approximate surface area is 214 Å². The largest absolute Gasteiger partial charge is 0.373 e. The van der Waals surface area contributed by atoms with Crippen LogP contribution in [0.15, 0.2) is 47.9 Å². The summed E-state index contributed by atoms with van der Waals surface area (Å²) in [5.41, 5.74) is 1.69. The molecule has 188 valence electrons. The summed E-state index contributed by atoms with van der Waals surface area (Å²) in [4.78, 5) is 29.5. The van der Waals surface area contributed by atoms with Gasteiger partial charge in [-0.15, -0.1) is 11.3 Å². The third-order valence-corrected chi connectivity index (χ3v) is 8.79. The minimum absolute atomic E-state index is 0.275. The molecule has 3 heterocycles. The fraction of sp³-hybridized carbons (Fsp3) is 0.417. The zero-order valence-electron chi connectivity index (χ0n) is 19.3. The molecule has 1 aromatic heterocycles. The molecule has 4 rings (SSSR count). The van der Waals surface area contributed by atoms with Crippen LogP contribution in [0.1, 0.15) is 23.8 Å². The maximum absolute atomic E-state index is 13.1. The van der Waals surface area contributed by atoms with Gasteiger partial charge in [0.05, 0.1) is 22.5 Å². The van der Waals surface area contributed by atoms with Gasteiger partial charge in [-0.1, -0.05) is 41.9 Å². The lowest BCUT2D eigenvalue weighted by molar-refractivity contribution is -0.142. The Kier molecular flexibility index (Phi) is 8.41. The van der Waals surface area contributed by atoms with Gasteiger partial charge >= 0.3 is 0 Å². The number of hydrogen-bond donors (Lipinski definition) is 1. The van der Waals surface area contributed by atoms with E-state index in [0.29, 0.717) is 23.1 Å². The molecule has 1 aromatic carbocycles. The van der Waals surface area contributed by atoms with Crippen molar-refractivity contribution in [1.82, 2.24) is 14.5 Å². The summed E-state index contributed by atoms with van der Waals surface area (Å²) in [6, 6.07) is 11.8. The summed E-state index contributed by atoms with van der Waals surface area (Å²) in [7, 11) is -3.88. The number of allylic oxidation sites excluding steroid dienone is 1. The first kappa shape index (κ1) is 26.0. The summed E-state index contributed by atoms with van der Waals surface area (Å²) in [6.07, 6.45) is 0.534. The van der Waals surface area contributed by atoms with Crippen molar-refractivity contribution < 1.29 is 22.7 Å². The molecule has 0 radical (unpaired) electrons. The van der Waals surface area contributed by atoms with Crippen molar-refractivity contribution >= 4 is 50.7 Å². The van der Waals surface area contributed by atoms with Gasteiger partial charge in [-0.25, -0.2) is 8.42 Å². The number of morpholine rings is 1. The fourth-order valence-electron chi connectivity index (χ4n) is 4.44. The minimum Gasteiger partial charge on any atom is -0.373 e. The number of nitrogens with zero attached hydrogens (tertiary/aromatic N) is 2. The number of thiophene rings is 1. The highest BCUT2D eigenvalue weighted by atomic mass is 35.5. The van der Waals surface area contributed by atoms with Gasteiger partial charge in [0.25, 0.3) is 0 Å². The standard InChI is InChI=1S/C24H28ClN3O5S2/c1-17(22-7-8-23(25)34-22)16-35(31,32)26-19-9-10-28(24(19)30)20(15-29)21-14-27(11-12-33-21)13-18-5-3-2-4-6-18/h2-8,15-16,19-21,26H,9-14H2,1H3/b17-16+/t19-,20+,21?/m0/s1. The second-order valence-corrected chi connectivity index (χ2v) is 12.0. The highest BCUT2D eigenvalue weighted by molar-refractivity contribution is 7.92. The predicted molar refractivity (Wildman–Crippen MR) is 136 cm³/mol. The molecule has 2 aliphatic rings. The molecule has 3 atom stereocenters. The van der Waals surface area contributed by atoms with E-state index in [2.05, 4.69) is 9.62 Å². The van der Waals surface area contributed by atoms with Crippen LogP contribution in [0.25, 0.3) is 5.57 Å². The topological polar surface area (TPSA) is 96.0 Å². The minimum atomic E-state index is -3.88. The molecule has 35 heavy (non-hydrogen) atoms. The number of aldehydes is 1. The summed E-state index contributed by atoms with van der Waals surface area (Å²) < 4.78 is 34.3. The van der Waals surface area contributed by atoms with Gasteiger partial charge in [-0.3, -0.25) is 9.69 Å². The van der Waals surface area contributed by atoms with Crippen LogP contribution >= 0.6 is 22.9 Å². The van der Waals surface area contributed by atoms with Gasteiger partial charge in [0.1, 0.15) is 18.4 Å². The molecule has 0 saturated carbocycles. The van der Waals surface area contributed by atoms with Crippen LogP contribution in [-0.4, -0.2) is 74.8 Å². The van der Waals surface area contributed by atoms with Crippen molar-refractivity contribution in [1.29, 1.82) is 0 Å². The Balaban J connectivity index is 1.39. The molecule has 2 saturated heterocycles.